The fourth-order valence-corrected chi connectivity index (χ4v) is 2.09. The molecule has 1 aliphatic heterocycles. The lowest BCUT2D eigenvalue weighted by Crippen LogP contribution is -2.33. The minimum atomic E-state index is 0.439. The zero-order chi connectivity index (χ0) is 9.68. The third-order valence-corrected chi connectivity index (χ3v) is 3.10. The van der Waals surface area contributed by atoms with Crippen molar-refractivity contribution in [3.05, 3.63) is 0 Å². The summed E-state index contributed by atoms with van der Waals surface area (Å²) in [6, 6.07) is 1.19. The number of nitrogens with zero attached hydrogens (tertiary/aromatic N) is 1. The zero-order valence-electron chi connectivity index (χ0n) is 9.13. The predicted octanol–water partition coefficient (Wildman–Crippen LogP) is 1.99. The molecule has 78 valence electrons. The molecule has 2 atom stereocenters. The lowest BCUT2D eigenvalue weighted by atomic mass is 10.1. The molecule has 0 aromatic carbocycles. The van der Waals surface area contributed by atoms with Gasteiger partial charge < -0.3 is 5.73 Å². The van der Waals surface area contributed by atoms with Crippen LogP contribution < -0.4 is 5.73 Å². The molecule has 1 saturated heterocycles. The maximum absolute atomic E-state index is 5.88. The minimum Gasteiger partial charge on any atom is -0.326 e. The number of hydrogen-bond acceptors (Lipinski definition) is 2. The summed E-state index contributed by atoms with van der Waals surface area (Å²) in [5.41, 5.74) is 5.88. The van der Waals surface area contributed by atoms with Gasteiger partial charge in [-0.2, -0.15) is 0 Å². The number of likely N-dealkylation sites (tertiary alicyclic amines) is 1. The Morgan fingerprint density at radius 3 is 2.77 bits per heavy atom. The minimum absolute atomic E-state index is 0.439. The molecule has 0 spiro atoms. The van der Waals surface area contributed by atoms with Crippen molar-refractivity contribution < 1.29 is 0 Å². The van der Waals surface area contributed by atoms with E-state index in [1.807, 2.05) is 0 Å². The first-order valence-electron chi connectivity index (χ1n) is 5.73. The lowest BCUT2D eigenvalue weighted by Gasteiger charge is -2.23. The highest BCUT2D eigenvalue weighted by atomic mass is 15.2. The lowest BCUT2D eigenvalue weighted by molar-refractivity contribution is 0.239. The molecule has 1 rings (SSSR count). The molecular formula is C11H24N2. The summed E-state index contributed by atoms with van der Waals surface area (Å²) in [4.78, 5) is 2.54. The summed E-state index contributed by atoms with van der Waals surface area (Å²) in [7, 11) is 0. The van der Waals surface area contributed by atoms with E-state index in [0.717, 1.165) is 12.6 Å². The molecule has 0 aromatic rings. The summed E-state index contributed by atoms with van der Waals surface area (Å²) < 4.78 is 0. The second kappa shape index (κ2) is 5.61. The van der Waals surface area contributed by atoms with Gasteiger partial charge in [-0.3, -0.25) is 4.90 Å². The number of nitrogens with two attached hydrogens (primary N) is 1. The summed E-state index contributed by atoms with van der Waals surface area (Å²) in [5.74, 6) is 0. The van der Waals surface area contributed by atoms with Crippen molar-refractivity contribution in [3.63, 3.8) is 0 Å². The van der Waals surface area contributed by atoms with Gasteiger partial charge in [0.05, 0.1) is 0 Å². The van der Waals surface area contributed by atoms with Crippen LogP contribution in [-0.4, -0.2) is 30.1 Å². The Balaban J connectivity index is 2.12. The monoisotopic (exact) mass is 184 g/mol. The van der Waals surface area contributed by atoms with E-state index in [0.29, 0.717) is 6.04 Å². The van der Waals surface area contributed by atoms with E-state index in [2.05, 4.69) is 18.7 Å². The first kappa shape index (κ1) is 11.0. The Labute approximate surface area is 82.5 Å². The van der Waals surface area contributed by atoms with Gasteiger partial charge in [0.1, 0.15) is 0 Å². The summed E-state index contributed by atoms with van der Waals surface area (Å²) in [6.07, 6.45) is 6.62. The summed E-state index contributed by atoms with van der Waals surface area (Å²) >= 11 is 0. The molecule has 0 bridgehead atoms. The highest BCUT2D eigenvalue weighted by Crippen LogP contribution is 2.15. The van der Waals surface area contributed by atoms with Crippen molar-refractivity contribution in [1.29, 1.82) is 0 Å². The van der Waals surface area contributed by atoms with Gasteiger partial charge in [0.2, 0.25) is 0 Å². The van der Waals surface area contributed by atoms with E-state index in [1.165, 1.54) is 38.6 Å². The quantitative estimate of drug-likeness (QED) is 0.662. The third kappa shape index (κ3) is 3.65. The maximum Gasteiger partial charge on any atom is 0.0180 e. The number of hydrogen-bond donors (Lipinski definition) is 1. The number of rotatable bonds is 5. The second-order valence-corrected chi connectivity index (χ2v) is 4.39. The largest absolute Gasteiger partial charge is 0.326 e. The van der Waals surface area contributed by atoms with Gasteiger partial charge >= 0.3 is 0 Å². The first-order valence-corrected chi connectivity index (χ1v) is 5.73. The Morgan fingerprint density at radius 2 is 2.23 bits per heavy atom. The molecule has 13 heavy (non-hydrogen) atoms. The van der Waals surface area contributed by atoms with E-state index in [1.54, 1.807) is 0 Å². The van der Waals surface area contributed by atoms with E-state index in [9.17, 15) is 0 Å². The highest BCUT2D eigenvalue weighted by Gasteiger charge is 2.22. The van der Waals surface area contributed by atoms with Crippen LogP contribution in [0.2, 0.25) is 0 Å². The fourth-order valence-electron chi connectivity index (χ4n) is 2.09. The zero-order valence-corrected chi connectivity index (χ0v) is 9.13. The summed E-state index contributed by atoms with van der Waals surface area (Å²) in [5, 5.41) is 0. The third-order valence-electron chi connectivity index (χ3n) is 3.10. The van der Waals surface area contributed by atoms with Crippen molar-refractivity contribution in [1.82, 2.24) is 4.90 Å². The van der Waals surface area contributed by atoms with Crippen LogP contribution in [0.25, 0.3) is 0 Å². The molecule has 2 unspecified atom stereocenters. The molecule has 0 aliphatic carbocycles. The summed E-state index contributed by atoms with van der Waals surface area (Å²) in [6.45, 7) is 6.94. The van der Waals surface area contributed by atoms with E-state index < -0.39 is 0 Å². The van der Waals surface area contributed by atoms with Crippen LogP contribution >= 0.6 is 0 Å². The van der Waals surface area contributed by atoms with E-state index >= 15 is 0 Å². The normalized spacial score (nSPS) is 26.5. The molecule has 0 saturated carbocycles. The van der Waals surface area contributed by atoms with Crippen LogP contribution in [0.5, 0.6) is 0 Å². The van der Waals surface area contributed by atoms with Crippen molar-refractivity contribution in [3.8, 4) is 0 Å². The van der Waals surface area contributed by atoms with Crippen LogP contribution in [0.4, 0.5) is 0 Å². The van der Waals surface area contributed by atoms with Gasteiger partial charge in [-0.05, 0) is 26.3 Å². The first-order chi connectivity index (χ1) is 6.24. The maximum atomic E-state index is 5.88. The van der Waals surface area contributed by atoms with Crippen LogP contribution in [0.3, 0.4) is 0 Å². The fraction of sp³-hybridized carbons (Fsp3) is 1.00. The molecule has 2 nitrogen and oxygen atoms in total. The molecule has 1 heterocycles. The Bertz CT molecular complexity index is 136. The van der Waals surface area contributed by atoms with Gasteiger partial charge in [0.15, 0.2) is 0 Å². The van der Waals surface area contributed by atoms with Gasteiger partial charge in [-0.25, -0.2) is 0 Å². The van der Waals surface area contributed by atoms with Crippen molar-refractivity contribution in [2.24, 2.45) is 5.73 Å². The second-order valence-electron chi connectivity index (χ2n) is 4.39. The molecule has 1 aliphatic rings. The molecule has 0 radical (unpaired) electrons. The smallest absolute Gasteiger partial charge is 0.0180 e. The average Bonchev–Trinajstić information content (AvgIpc) is 2.52. The Hall–Kier alpha value is -0.0800. The van der Waals surface area contributed by atoms with Crippen LogP contribution in [0, 0.1) is 0 Å². The molecule has 2 heteroatoms. The van der Waals surface area contributed by atoms with Gasteiger partial charge in [-0.1, -0.05) is 26.2 Å². The molecule has 1 fully saturated rings. The van der Waals surface area contributed by atoms with Gasteiger partial charge in [0.25, 0.3) is 0 Å². The van der Waals surface area contributed by atoms with Crippen LogP contribution in [0.15, 0.2) is 0 Å². The molecule has 2 N–H and O–H groups in total. The van der Waals surface area contributed by atoms with Crippen molar-refractivity contribution >= 4 is 0 Å². The van der Waals surface area contributed by atoms with Crippen molar-refractivity contribution in [2.75, 3.05) is 13.1 Å². The highest BCUT2D eigenvalue weighted by molar-refractivity contribution is 4.81. The van der Waals surface area contributed by atoms with Gasteiger partial charge in [0, 0.05) is 18.6 Å². The number of unbranched alkanes of at least 4 members (excludes halogenated alkanes) is 2. The van der Waals surface area contributed by atoms with Crippen LogP contribution in [-0.2, 0) is 0 Å². The molecule has 0 aromatic heterocycles. The standard InChI is InChI=1S/C11H24N2/c1-3-4-5-6-10(2)13-8-7-11(12)9-13/h10-11H,3-9,12H2,1-2H3. The molecule has 0 amide bonds. The SMILES string of the molecule is CCCCCC(C)N1CCC(N)C1. The van der Waals surface area contributed by atoms with E-state index in [-0.39, 0.29) is 0 Å². The molecular weight excluding hydrogens is 160 g/mol. The van der Waals surface area contributed by atoms with Crippen molar-refractivity contribution in [2.45, 2.75) is 58.0 Å². The topological polar surface area (TPSA) is 29.3 Å². The van der Waals surface area contributed by atoms with E-state index in [4.69, 9.17) is 5.73 Å². The van der Waals surface area contributed by atoms with Gasteiger partial charge in [-0.15, -0.1) is 0 Å². The predicted molar refractivity (Wildman–Crippen MR) is 57.8 cm³/mol. The average molecular weight is 184 g/mol. The Kier molecular flexibility index (Phi) is 4.74. The van der Waals surface area contributed by atoms with Crippen LogP contribution in [0.1, 0.15) is 46.0 Å². The Morgan fingerprint density at radius 1 is 1.46 bits per heavy atom.